The molecular weight excluding hydrogens is 212 g/mol. The average molecular weight is 224 g/mol. The molecule has 0 saturated heterocycles. The van der Waals surface area contributed by atoms with Gasteiger partial charge in [-0.3, -0.25) is 9.69 Å². The van der Waals surface area contributed by atoms with Gasteiger partial charge in [-0.25, -0.2) is 0 Å². The van der Waals surface area contributed by atoms with Gasteiger partial charge >= 0.3 is 0 Å². The third kappa shape index (κ3) is 1.63. The zero-order valence-electron chi connectivity index (χ0n) is 8.30. The van der Waals surface area contributed by atoms with Crippen LogP contribution in [0.1, 0.15) is 6.92 Å². The third-order valence-corrected chi connectivity index (χ3v) is 2.62. The molecule has 1 atom stereocenters. The van der Waals surface area contributed by atoms with Crippen molar-refractivity contribution in [1.29, 1.82) is 0 Å². The van der Waals surface area contributed by atoms with Crippen LogP contribution in [0.5, 0.6) is 5.75 Å². The van der Waals surface area contributed by atoms with Gasteiger partial charge in [0.15, 0.2) is 6.10 Å². The summed E-state index contributed by atoms with van der Waals surface area (Å²) < 4.78 is 5.45. The number of hydrogen-bond donors (Lipinski definition) is 2. The summed E-state index contributed by atoms with van der Waals surface area (Å²) in [5.41, 5.74) is 6.95. The van der Waals surface area contributed by atoms with E-state index in [0.29, 0.717) is 23.0 Å². The molecule has 15 heavy (non-hydrogen) atoms. The van der Waals surface area contributed by atoms with Gasteiger partial charge in [0, 0.05) is 5.69 Å². The summed E-state index contributed by atoms with van der Waals surface area (Å²) in [6.07, 6.45) is -0.465. The van der Waals surface area contributed by atoms with Crippen LogP contribution in [0.15, 0.2) is 18.2 Å². The number of benzene rings is 1. The van der Waals surface area contributed by atoms with Gasteiger partial charge in [0.2, 0.25) is 0 Å². The van der Waals surface area contributed by atoms with Crippen LogP contribution in [0, 0.1) is 0 Å². The Morgan fingerprint density at radius 3 is 3.00 bits per heavy atom. The molecule has 1 unspecified atom stereocenters. The Morgan fingerprint density at radius 1 is 1.60 bits per heavy atom. The van der Waals surface area contributed by atoms with Crippen LogP contribution in [0.4, 0.5) is 11.4 Å². The number of rotatable bonds is 1. The van der Waals surface area contributed by atoms with Crippen molar-refractivity contribution in [1.82, 2.24) is 0 Å². The van der Waals surface area contributed by atoms with E-state index in [1.807, 2.05) is 0 Å². The molecule has 0 bridgehead atoms. The minimum absolute atomic E-state index is 0.0944. The van der Waals surface area contributed by atoms with E-state index in [1.165, 1.54) is 0 Å². The van der Waals surface area contributed by atoms with E-state index >= 15 is 0 Å². The molecule has 0 aliphatic carbocycles. The number of nitrogen functional groups attached to an aromatic ring is 1. The number of nitrogens with zero attached hydrogens (tertiary/aromatic N) is 1. The summed E-state index contributed by atoms with van der Waals surface area (Å²) in [6, 6.07) is 5.23. The maximum absolute atomic E-state index is 11.7. The molecule has 1 aromatic rings. The minimum Gasteiger partial charge on any atom is -0.479 e. The molecule has 4 nitrogen and oxygen atoms in total. The normalized spacial score (nSPS) is 19.7. The summed E-state index contributed by atoms with van der Waals surface area (Å²) >= 11 is 4.13. The Bertz CT molecular complexity index is 408. The Kier molecular flexibility index (Phi) is 2.48. The maximum Gasteiger partial charge on any atom is 0.268 e. The van der Waals surface area contributed by atoms with E-state index in [0.717, 1.165) is 0 Å². The summed E-state index contributed by atoms with van der Waals surface area (Å²) in [6.45, 7) is 1.72. The molecule has 1 heterocycles. The zero-order chi connectivity index (χ0) is 11.0. The molecule has 2 rings (SSSR count). The summed E-state index contributed by atoms with van der Waals surface area (Å²) in [7, 11) is 0. The van der Waals surface area contributed by atoms with Crippen LogP contribution in [0.2, 0.25) is 0 Å². The lowest BCUT2D eigenvalue weighted by Crippen LogP contribution is -2.43. The average Bonchev–Trinajstić information content (AvgIpc) is 2.21. The van der Waals surface area contributed by atoms with Crippen LogP contribution in [0.3, 0.4) is 0 Å². The van der Waals surface area contributed by atoms with Gasteiger partial charge in [-0.2, -0.15) is 12.6 Å². The van der Waals surface area contributed by atoms with Gasteiger partial charge in [-0.05, 0) is 25.1 Å². The lowest BCUT2D eigenvalue weighted by atomic mass is 10.2. The molecule has 0 spiro atoms. The van der Waals surface area contributed by atoms with Gasteiger partial charge in [0.05, 0.1) is 11.6 Å². The third-order valence-electron chi connectivity index (χ3n) is 2.33. The molecule has 1 aliphatic rings. The number of ether oxygens (including phenoxy) is 1. The fraction of sp³-hybridized carbons (Fsp3) is 0.300. The molecule has 0 fully saturated rings. The molecule has 0 saturated carbocycles. The number of amides is 1. The first-order valence-electron chi connectivity index (χ1n) is 4.62. The lowest BCUT2D eigenvalue weighted by molar-refractivity contribution is -0.125. The lowest BCUT2D eigenvalue weighted by Gasteiger charge is -2.31. The van der Waals surface area contributed by atoms with E-state index in [2.05, 4.69) is 12.6 Å². The van der Waals surface area contributed by atoms with Gasteiger partial charge in [-0.1, -0.05) is 0 Å². The second-order valence-electron chi connectivity index (χ2n) is 3.39. The van der Waals surface area contributed by atoms with Crippen molar-refractivity contribution in [2.24, 2.45) is 0 Å². The van der Waals surface area contributed by atoms with Crippen LogP contribution >= 0.6 is 12.6 Å². The maximum atomic E-state index is 11.7. The minimum atomic E-state index is -0.465. The first kappa shape index (κ1) is 10.2. The van der Waals surface area contributed by atoms with E-state index in [-0.39, 0.29) is 5.91 Å². The van der Waals surface area contributed by atoms with Crippen LogP contribution in [0.25, 0.3) is 0 Å². The summed E-state index contributed by atoms with van der Waals surface area (Å²) in [5, 5.41) is 0. The SMILES string of the molecule is CC1Oc2ccc(N)cc2N(CS)C1=O. The first-order chi connectivity index (χ1) is 7.13. The number of hydrogen-bond acceptors (Lipinski definition) is 4. The Morgan fingerprint density at radius 2 is 2.33 bits per heavy atom. The predicted molar refractivity (Wildman–Crippen MR) is 62.3 cm³/mol. The smallest absolute Gasteiger partial charge is 0.268 e. The standard InChI is InChI=1S/C10H12N2O2S/c1-6-10(13)12(5-15)8-4-7(11)2-3-9(8)14-6/h2-4,6,15H,5,11H2,1H3. The quantitative estimate of drug-likeness (QED) is 0.558. The van der Waals surface area contributed by atoms with E-state index < -0.39 is 6.10 Å². The van der Waals surface area contributed by atoms with Crippen molar-refractivity contribution in [2.45, 2.75) is 13.0 Å². The molecule has 0 aromatic heterocycles. The van der Waals surface area contributed by atoms with Crippen LogP contribution < -0.4 is 15.4 Å². The molecule has 2 N–H and O–H groups in total. The predicted octanol–water partition coefficient (Wildman–Crippen LogP) is 1.27. The second-order valence-corrected chi connectivity index (χ2v) is 3.68. The highest BCUT2D eigenvalue weighted by Crippen LogP contribution is 2.35. The summed E-state index contributed by atoms with van der Waals surface area (Å²) in [5.74, 6) is 0.900. The highest BCUT2D eigenvalue weighted by atomic mass is 32.1. The Balaban J connectivity index is 2.51. The van der Waals surface area contributed by atoms with Crippen molar-refractivity contribution in [2.75, 3.05) is 16.5 Å². The van der Waals surface area contributed by atoms with Crippen molar-refractivity contribution in [3.05, 3.63) is 18.2 Å². The molecule has 5 heteroatoms. The highest BCUT2D eigenvalue weighted by Gasteiger charge is 2.30. The number of nitrogens with two attached hydrogens (primary N) is 1. The van der Waals surface area contributed by atoms with E-state index in [1.54, 1.807) is 30.0 Å². The molecule has 0 radical (unpaired) electrons. The number of carbonyl (C=O) groups is 1. The first-order valence-corrected chi connectivity index (χ1v) is 5.25. The molecular formula is C10H12N2O2S. The van der Waals surface area contributed by atoms with Crippen LogP contribution in [-0.2, 0) is 4.79 Å². The highest BCUT2D eigenvalue weighted by molar-refractivity contribution is 7.80. The monoisotopic (exact) mass is 224 g/mol. The van der Waals surface area contributed by atoms with Gasteiger partial charge < -0.3 is 10.5 Å². The van der Waals surface area contributed by atoms with Crippen LogP contribution in [-0.4, -0.2) is 17.9 Å². The van der Waals surface area contributed by atoms with E-state index in [4.69, 9.17) is 10.5 Å². The van der Waals surface area contributed by atoms with Crippen molar-refractivity contribution in [3.63, 3.8) is 0 Å². The van der Waals surface area contributed by atoms with Crippen molar-refractivity contribution >= 4 is 29.9 Å². The molecule has 1 amide bonds. The number of fused-ring (bicyclic) bond motifs is 1. The summed E-state index contributed by atoms with van der Waals surface area (Å²) in [4.78, 5) is 13.3. The van der Waals surface area contributed by atoms with Crippen molar-refractivity contribution < 1.29 is 9.53 Å². The topological polar surface area (TPSA) is 55.6 Å². The zero-order valence-corrected chi connectivity index (χ0v) is 9.20. The van der Waals surface area contributed by atoms with Gasteiger partial charge in [-0.15, -0.1) is 0 Å². The molecule has 1 aliphatic heterocycles. The molecule has 80 valence electrons. The number of carbonyl (C=O) groups excluding carboxylic acids is 1. The Labute approximate surface area is 93.4 Å². The Hall–Kier alpha value is -1.36. The second kappa shape index (κ2) is 3.66. The van der Waals surface area contributed by atoms with Gasteiger partial charge in [0.25, 0.3) is 5.91 Å². The van der Waals surface area contributed by atoms with E-state index in [9.17, 15) is 4.79 Å². The largest absolute Gasteiger partial charge is 0.479 e. The fourth-order valence-electron chi connectivity index (χ4n) is 1.57. The molecule has 1 aromatic carbocycles. The van der Waals surface area contributed by atoms with Crippen molar-refractivity contribution in [3.8, 4) is 5.75 Å². The fourth-order valence-corrected chi connectivity index (χ4v) is 1.86. The number of thiol groups is 1. The number of anilines is 2. The van der Waals surface area contributed by atoms with Gasteiger partial charge in [0.1, 0.15) is 5.75 Å².